The van der Waals surface area contributed by atoms with Gasteiger partial charge in [-0.2, -0.15) is 10.2 Å². The van der Waals surface area contributed by atoms with E-state index in [-0.39, 0.29) is 18.0 Å². The lowest BCUT2D eigenvalue weighted by atomic mass is 9.92. The highest BCUT2D eigenvalue weighted by Gasteiger charge is 2.26. The summed E-state index contributed by atoms with van der Waals surface area (Å²) in [5, 5.41) is 13.1. The molecule has 1 atom stereocenters. The molecule has 7 heteroatoms. The minimum Gasteiger partial charge on any atom is -0.345 e. The molecule has 7 nitrogen and oxygen atoms in total. The lowest BCUT2D eigenvalue weighted by Gasteiger charge is -2.24. The number of nitrogens with zero attached hydrogens (tertiary/aromatic N) is 5. The van der Waals surface area contributed by atoms with Gasteiger partial charge in [0.15, 0.2) is 5.65 Å². The van der Waals surface area contributed by atoms with Crippen molar-refractivity contribution in [2.75, 3.05) is 0 Å². The van der Waals surface area contributed by atoms with Gasteiger partial charge >= 0.3 is 0 Å². The Kier molecular flexibility index (Phi) is 5.02. The molecular weight excluding hydrogens is 388 g/mol. The average molecular weight is 415 g/mol. The molecule has 1 aromatic carbocycles. The third-order valence-corrected chi connectivity index (χ3v) is 5.93. The van der Waals surface area contributed by atoms with Crippen molar-refractivity contribution in [1.82, 2.24) is 29.9 Å². The van der Waals surface area contributed by atoms with Crippen molar-refractivity contribution in [3.63, 3.8) is 0 Å². The summed E-state index contributed by atoms with van der Waals surface area (Å²) in [6, 6.07) is 12.4. The molecule has 0 radical (unpaired) electrons. The minimum absolute atomic E-state index is 0.0325. The van der Waals surface area contributed by atoms with Crippen LogP contribution in [-0.2, 0) is 13.0 Å². The maximum atomic E-state index is 13.0. The van der Waals surface area contributed by atoms with Crippen LogP contribution in [0.5, 0.6) is 0 Å². The fourth-order valence-corrected chi connectivity index (χ4v) is 4.35. The molecule has 0 saturated carbocycles. The highest BCUT2D eigenvalue weighted by molar-refractivity contribution is 5.97. The van der Waals surface area contributed by atoms with Crippen molar-refractivity contribution in [2.24, 2.45) is 0 Å². The number of pyridine rings is 1. The molecule has 3 aromatic heterocycles. The molecule has 158 valence electrons. The normalized spacial score (nSPS) is 15.9. The number of fused-ring (bicyclic) bond motifs is 2. The summed E-state index contributed by atoms with van der Waals surface area (Å²) in [6.07, 6.45) is 8.24. The Hall–Kier alpha value is -3.48. The van der Waals surface area contributed by atoms with Gasteiger partial charge in [0.2, 0.25) is 0 Å². The summed E-state index contributed by atoms with van der Waals surface area (Å²) in [4.78, 5) is 17.5. The molecule has 1 N–H and O–H groups in total. The van der Waals surface area contributed by atoms with Crippen molar-refractivity contribution in [3.8, 4) is 0 Å². The van der Waals surface area contributed by atoms with Gasteiger partial charge in [0.1, 0.15) is 0 Å². The quantitative estimate of drug-likeness (QED) is 0.534. The molecule has 1 aliphatic carbocycles. The highest BCUT2D eigenvalue weighted by atomic mass is 16.1. The zero-order valence-corrected chi connectivity index (χ0v) is 17.8. The fraction of sp³-hybridized carbons (Fsp3) is 0.333. The molecule has 1 aliphatic rings. The largest absolute Gasteiger partial charge is 0.345 e. The third kappa shape index (κ3) is 3.71. The number of hydrogen-bond acceptors (Lipinski definition) is 4. The standard InChI is InChI=1S/C24H26N6O/c1-16(2)30-23-18(13-27-30)11-19(12-25-23)24(31)28-21-9-6-10-22-20(21)14-26-29(22)15-17-7-4-3-5-8-17/h3-5,7-8,11-14,16,21H,6,9-10,15H2,1-2H3,(H,28,31). The Balaban J connectivity index is 1.35. The van der Waals surface area contributed by atoms with Crippen molar-refractivity contribution in [3.05, 3.63) is 77.4 Å². The van der Waals surface area contributed by atoms with Gasteiger partial charge in [-0.25, -0.2) is 9.67 Å². The third-order valence-electron chi connectivity index (χ3n) is 5.93. The maximum absolute atomic E-state index is 13.0. The van der Waals surface area contributed by atoms with E-state index < -0.39 is 0 Å². The SMILES string of the molecule is CC(C)n1ncc2cc(C(=O)NC3CCCc4c3cnn4Cc3ccccc3)cnc21. The predicted molar refractivity (Wildman–Crippen MR) is 119 cm³/mol. The Morgan fingerprint density at radius 2 is 2.00 bits per heavy atom. The summed E-state index contributed by atoms with van der Waals surface area (Å²) >= 11 is 0. The molecule has 0 bridgehead atoms. The number of hydrogen-bond donors (Lipinski definition) is 1. The maximum Gasteiger partial charge on any atom is 0.253 e. The molecule has 3 heterocycles. The van der Waals surface area contributed by atoms with Gasteiger partial charge in [-0.3, -0.25) is 9.48 Å². The first kappa shape index (κ1) is 19.5. The molecule has 1 unspecified atom stereocenters. The zero-order valence-electron chi connectivity index (χ0n) is 17.8. The molecule has 1 amide bonds. The van der Waals surface area contributed by atoms with Crippen molar-refractivity contribution >= 4 is 16.9 Å². The minimum atomic E-state index is -0.111. The van der Waals surface area contributed by atoms with Gasteiger partial charge in [-0.05, 0) is 44.7 Å². The number of benzene rings is 1. The molecule has 0 fully saturated rings. The predicted octanol–water partition coefficient (Wildman–Crippen LogP) is 4.06. The number of carbonyl (C=O) groups excluding carboxylic acids is 1. The second-order valence-electron chi connectivity index (χ2n) is 8.43. The fourth-order valence-electron chi connectivity index (χ4n) is 4.35. The van der Waals surface area contributed by atoms with Gasteiger partial charge in [0.25, 0.3) is 5.91 Å². The highest BCUT2D eigenvalue weighted by Crippen LogP contribution is 2.30. The van der Waals surface area contributed by atoms with Crippen molar-refractivity contribution in [2.45, 2.75) is 51.7 Å². The summed E-state index contributed by atoms with van der Waals surface area (Å²) in [7, 11) is 0. The van der Waals surface area contributed by atoms with Crippen LogP contribution in [0, 0.1) is 0 Å². The second-order valence-corrected chi connectivity index (χ2v) is 8.43. The van der Waals surface area contributed by atoms with Crippen LogP contribution in [-0.4, -0.2) is 30.5 Å². The number of nitrogens with one attached hydrogen (secondary N) is 1. The monoisotopic (exact) mass is 414 g/mol. The molecule has 0 saturated heterocycles. The van der Waals surface area contributed by atoms with Crippen LogP contribution >= 0.6 is 0 Å². The topological polar surface area (TPSA) is 77.6 Å². The van der Waals surface area contributed by atoms with Crippen LogP contribution in [0.25, 0.3) is 11.0 Å². The molecule has 0 aliphatic heterocycles. The van der Waals surface area contributed by atoms with Gasteiger partial charge in [-0.15, -0.1) is 0 Å². The van der Waals surface area contributed by atoms with E-state index in [0.717, 1.165) is 42.4 Å². The molecule has 4 aromatic rings. The summed E-state index contributed by atoms with van der Waals surface area (Å²) in [5.41, 5.74) is 4.92. The van der Waals surface area contributed by atoms with Crippen LogP contribution < -0.4 is 5.32 Å². The lowest BCUT2D eigenvalue weighted by Crippen LogP contribution is -2.31. The second kappa shape index (κ2) is 7.98. The first-order valence-corrected chi connectivity index (χ1v) is 10.8. The zero-order chi connectivity index (χ0) is 21.4. The summed E-state index contributed by atoms with van der Waals surface area (Å²) in [5.74, 6) is -0.111. The molecular formula is C24H26N6O. The van der Waals surface area contributed by atoms with Crippen LogP contribution in [0.1, 0.15) is 66.0 Å². The molecule has 31 heavy (non-hydrogen) atoms. The smallest absolute Gasteiger partial charge is 0.253 e. The Labute approximate surface area is 181 Å². The van der Waals surface area contributed by atoms with E-state index >= 15 is 0 Å². The van der Waals surface area contributed by atoms with E-state index in [9.17, 15) is 4.79 Å². The Bertz CT molecular complexity index is 1220. The van der Waals surface area contributed by atoms with Crippen LogP contribution in [0.15, 0.2) is 55.0 Å². The van der Waals surface area contributed by atoms with Crippen LogP contribution in [0.4, 0.5) is 0 Å². The summed E-state index contributed by atoms with van der Waals surface area (Å²) in [6.45, 7) is 4.87. The number of rotatable bonds is 5. The van der Waals surface area contributed by atoms with Crippen molar-refractivity contribution in [1.29, 1.82) is 0 Å². The van der Waals surface area contributed by atoms with Crippen LogP contribution in [0.2, 0.25) is 0 Å². The van der Waals surface area contributed by atoms with E-state index in [1.807, 2.05) is 35.1 Å². The molecule has 0 spiro atoms. The lowest BCUT2D eigenvalue weighted by molar-refractivity contribution is 0.0932. The van der Waals surface area contributed by atoms with Crippen LogP contribution in [0.3, 0.4) is 0 Å². The first-order chi connectivity index (χ1) is 15.1. The summed E-state index contributed by atoms with van der Waals surface area (Å²) < 4.78 is 3.93. The number of aromatic nitrogens is 5. The Morgan fingerprint density at radius 1 is 1.16 bits per heavy atom. The van der Waals surface area contributed by atoms with E-state index in [1.54, 1.807) is 12.4 Å². The first-order valence-electron chi connectivity index (χ1n) is 10.8. The molecule has 5 rings (SSSR count). The Morgan fingerprint density at radius 3 is 2.81 bits per heavy atom. The average Bonchev–Trinajstić information content (AvgIpc) is 3.39. The van der Waals surface area contributed by atoms with E-state index in [2.05, 4.69) is 51.2 Å². The van der Waals surface area contributed by atoms with Crippen molar-refractivity contribution < 1.29 is 4.79 Å². The number of amides is 1. The van der Waals surface area contributed by atoms with Gasteiger partial charge < -0.3 is 5.32 Å². The van der Waals surface area contributed by atoms with Gasteiger partial charge in [-0.1, -0.05) is 30.3 Å². The van der Waals surface area contributed by atoms with E-state index in [0.29, 0.717) is 5.56 Å². The van der Waals surface area contributed by atoms with E-state index in [1.165, 1.54) is 11.3 Å². The van der Waals surface area contributed by atoms with E-state index in [4.69, 9.17) is 0 Å². The number of carbonyl (C=O) groups is 1. The van der Waals surface area contributed by atoms with Gasteiger partial charge in [0.05, 0.1) is 30.5 Å². The van der Waals surface area contributed by atoms with Gasteiger partial charge in [0, 0.05) is 28.9 Å².